The van der Waals surface area contributed by atoms with Crippen molar-refractivity contribution in [1.82, 2.24) is 30.3 Å². The predicted molar refractivity (Wildman–Crippen MR) is 143 cm³/mol. The van der Waals surface area contributed by atoms with Crippen molar-refractivity contribution in [2.24, 2.45) is 0 Å². The Kier molecular flexibility index (Phi) is 8.09. The Labute approximate surface area is 222 Å². The van der Waals surface area contributed by atoms with Gasteiger partial charge in [0.05, 0.1) is 10.0 Å². The first kappa shape index (κ1) is 25.1. The zero-order valence-corrected chi connectivity index (χ0v) is 21.8. The average Bonchev–Trinajstić information content (AvgIpc) is 3.37. The van der Waals surface area contributed by atoms with Crippen LogP contribution < -0.4 is 10.6 Å². The van der Waals surface area contributed by atoms with Crippen LogP contribution >= 0.6 is 23.2 Å². The molecule has 2 saturated heterocycles. The standard InChI is InChI=1S/C27H32Cl2N6O/c28-24-9-7-20(16-25(24)29)21(17-34-18-32-33-26(34)19-4-2-1-3-5-19)6-8-22-12-15-31-27(36)35(22)23-10-13-30-14-11-23/h1-5,7,9,16,18,21-23,30H,6,8,10-15,17H2,(H,31,36). The molecule has 2 fully saturated rings. The third-order valence-electron chi connectivity index (χ3n) is 7.41. The summed E-state index contributed by atoms with van der Waals surface area (Å²) in [5.41, 5.74) is 2.16. The van der Waals surface area contributed by atoms with Crippen molar-refractivity contribution in [2.45, 2.75) is 56.7 Å². The molecule has 0 saturated carbocycles. The van der Waals surface area contributed by atoms with Crippen LogP contribution in [0.1, 0.15) is 43.6 Å². The van der Waals surface area contributed by atoms with Crippen LogP contribution in [0.25, 0.3) is 11.4 Å². The van der Waals surface area contributed by atoms with Crippen molar-refractivity contribution >= 4 is 29.2 Å². The Morgan fingerprint density at radius 1 is 1.00 bits per heavy atom. The summed E-state index contributed by atoms with van der Waals surface area (Å²) in [5, 5.41) is 16.2. The third kappa shape index (κ3) is 5.69. The van der Waals surface area contributed by atoms with Crippen molar-refractivity contribution < 1.29 is 4.79 Å². The summed E-state index contributed by atoms with van der Waals surface area (Å²) in [6.45, 7) is 3.36. The maximum Gasteiger partial charge on any atom is 0.317 e. The van der Waals surface area contributed by atoms with E-state index in [0.29, 0.717) is 22.6 Å². The maximum atomic E-state index is 12.9. The van der Waals surface area contributed by atoms with Crippen LogP contribution in [0.5, 0.6) is 0 Å². The second-order valence-electron chi connectivity index (χ2n) is 9.68. The van der Waals surface area contributed by atoms with Gasteiger partial charge in [0, 0.05) is 36.7 Å². The molecule has 3 aromatic rings. The molecule has 7 nitrogen and oxygen atoms in total. The van der Waals surface area contributed by atoms with E-state index < -0.39 is 0 Å². The Balaban J connectivity index is 1.38. The molecule has 2 unspecified atom stereocenters. The van der Waals surface area contributed by atoms with Gasteiger partial charge in [-0.2, -0.15) is 0 Å². The van der Waals surface area contributed by atoms with Crippen LogP contribution in [0.15, 0.2) is 54.9 Å². The summed E-state index contributed by atoms with van der Waals surface area (Å²) in [6.07, 6.45) is 6.59. The minimum atomic E-state index is 0.0782. The van der Waals surface area contributed by atoms with Crippen molar-refractivity contribution in [3.05, 3.63) is 70.5 Å². The Bertz CT molecular complexity index is 1160. The number of aromatic nitrogens is 3. The summed E-state index contributed by atoms with van der Waals surface area (Å²) in [4.78, 5) is 15.0. The van der Waals surface area contributed by atoms with E-state index in [1.165, 1.54) is 0 Å². The lowest BCUT2D eigenvalue weighted by molar-refractivity contribution is 0.101. The number of amides is 2. The molecular formula is C27H32Cl2N6O. The highest BCUT2D eigenvalue weighted by atomic mass is 35.5. The fourth-order valence-corrected chi connectivity index (χ4v) is 5.84. The number of nitrogens with zero attached hydrogens (tertiary/aromatic N) is 4. The lowest BCUT2D eigenvalue weighted by Crippen LogP contribution is -2.58. The topological polar surface area (TPSA) is 75.1 Å². The van der Waals surface area contributed by atoms with Gasteiger partial charge in [0.1, 0.15) is 6.33 Å². The molecular weight excluding hydrogens is 495 g/mol. The second kappa shape index (κ2) is 11.6. The molecule has 0 aliphatic carbocycles. The van der Waals surface area contributed by atoms with Crippen molar-refractivity contribution in [2.75, 3.05) is 19.6 Å². The number of urea groups is 1. The first-order valence-electron chi connectivity index (χ1n) is 12.7. The minimum Gasteiger partial charge on any atom is -0.338 e. The molecule has 0 radical (unpaired) electrons. The van der Waals surface area contributed by atoms with Gasteiger partial charge in [-0.15, -0.1) is 10.2 Å². The van der Waals surface area contributed by atoms with E-state index >= 15 is 0 Å². The maximum absolute atomic E-state index is 12.9. The number of hydrogen-bond acceptors (Lipinski definition) is 4. The van der Waals surface area contributed by atoms with Gasteiger partial charge < -0.3 is 20.1 Å². The lowest BCUT2D eigenvalue weighted by atomic mass is 9.89. The van der Waals surface area contributed by atoms with E-state index in [2.05, 4.69) is 36.4 Å². The second-order valence-corrected chi connectivity index (χ2v) is 10.5. The van der Waals surface area contributed by atoms with Crippen molar-refractivity contribution in [3.63, 3.8) is 0 Å². The van der Waals surface area contributed by atoms with Crippen LogP contribution in [-0.2, 0) is 6.54 Å². The molecule has 0 spiro atoms. The smallest absolute Gasteiger partial charge is 0.317 e. The summed E-state index contributed by atoms with van der Waals surface area (Å²) in [5.74, 6) is 1.01. The third-order valence-corrected chi connectivity index (χ3v) is 8.15. The van der Waals surface area contributed by atoms with E-state index in [9.17, 15) is 4.79 Å². The molecule has 1 aromatic heterocycles. The molecule has 2 N–H and O–H groups in total. The molecule has 5 rings (SSSR count). The van der Waals surface area contributed by atoms with Crippen LogP contribution in [-0.4, -0.2) is 57.4 Å². The van der Waals surface area contributed by atoms with Crippen molar-refractivity contribution in [1.29, 1.82) is 0 Å². The Hall–Kier alpha value is -2.61. The number of hydrogen-bond donors (Lipinski definition) is 2. The van der Waals surface area contributed by atoms with E-state index in [-0.39, 0.29) is 18.0 Å². The molecule has 36 heavy (non-hydrogen) atoms. The zero-order valence-electron chi connectivity index (χ0n) is 20.2. The summed E-state index contributed by atoms with van der Waals surface area (Å²) in [6, 6.07) is 16.6. The number of carbonyl (C=O) groups is 1. The number of benzene rings is 2. The lowest BCUT2D eigenvalue weighted by Gasteiger charge is -2.43. The molecule has 2 amide bonds. The summed E-state index contributed by atoms with van der Waals surface area (Å²) < 4.78 is 2.11. The highest BCUT2D eigenvalue weighted by Gasteiger charge is 2.34. The number of piperidine rings is 1. The highest BCUT2D eigenvalue weighted by molar-refractivity contribution is 6.42. The van der Waals surface area contributed by atoms with Gasteiger partial charge >= 0.3 is 6.03 Å². The van der Waals surface area contributed by atoms with Crippen LogP contribution in [0.3, 0.4) is 0 Å². The Morgan fingerprint density at radius 3 is 2.58 bits per heavy atom. The molecule has 2 atom stereocenters. The molecule has 2 aliphatic rings. The summed E-state index contributed by atoms with van der Waals surface area (Å²) in [7, 11) is 0. The van der Waals surface area contributed by atoms with E-state index in [1.807, 2.05) is 42.5 Å². The zero-order chi connectivity index (χ0) is 24.9. The highest BCUT2D eigenvalue weighted by Crippen LogP contribution is 2.33. The number of rotatable bonds is 8. The van der Waals surface area contributed by atoms with E-state index in [1.54, 1.807) is 6.33 Å². The van der Waals surface area contributed by atoms with Gasteiger partial charge in [-0.1, -0.05) is 59.6 Å². The largest absolute Gasteiger partial charge is 0.338 e. The number of nitrogens with one attached hydrogen (secondary N) is 2. The first-order valence-corrected chi connectivity index (χ1v) is 13.5. The Morgan fingerprint density at radius 2 is 1.81 bits per heavy atom. The molecule has 9 heteroatoms. The fraction of sp³-hybridized carbons (Fsp3) is 0.444. The van der Waals surface area contributed by atoms with E-state index in [4.69, 9.17) is 23.2 Å². The number of carbonyl (C=O) groups excluding carboxylic acids is 1. The van der Waals surface area contributed by atoms with E-state index in [0.717, 1.165) is 68.7 Å². The average molecular weight is 528 g/mol. The summed E-state index contributed by atoms with van der Waals surface area (Å²) >= 11 is 12.7. The normalized spacial score (nSPS) is 19.8. The van der Waals surface area contributed by atoms with Crippen LogP contribution in [0.4, 0.5) is 4.79 Å². The van der Waals surface area contributed by atoms with Gasteiger partial charge in [-0.25, -0.2) is 4.79 Å². The van der Waals surface area contributed by atoms with Gasteiger partial charge in [-0.3, -0.25) is 0 Å². The fourth-order valence-electron chi connectivity index (χ4n) is 5.53. The quantitative estimate of drug-likeness (QED) is 0.414. The van der Waals surface area contributed by atoms with Gasteiger partial charge in [0.15, 0.2) is 5.82 Å². The predicted octanol–water partition coefficient (Wildman–Crippen LogP) is 5.35. The minimum absolute atomic E-state index is 0.0782. The molecule has 2 aromatic carbocycles. The SMILES string of the molecule is O=C1NCCC(CCC(Cn2cnnc2-c2ccccc2)c2ccc(Cl)c(Cl)c2)N1C1CCNCC1. The van der Waals surface area contributed by atoms with Gasteiger partial charge in [-0.05, 0) is 62.9 Å². The van der Waals surface area contributed by atoms with Crippen LogP contribution in [0.2, 0.25) is 10.0 Å². The first-order chi connectivity index (χ1) is 17.6. The molecule has 3 heterocycles. The molecule has 2 aliphatic heterocycles. The van der Waals surface area contributed by atoms with Crippen LogP contribution in [0, 0.1) is 0 Å². The monoisotopic (exact) mass is 526 g/mol. The van der Waals surface area contributed by atoms with Crippen molar-refractivity contribution in [3.8, 4) is 11.4 Å². The molecule has 190 valence electrons. The number of halogens is 2. The molecule has 0 bridgehead atoms. The van der Waals surface area contributed by atoms with Gasteiger partial charge in [0.2, 0.25) is 0 Å². The van der Waals surface area contributed by atoms with Gasteiger partial charge in [0.25, 0.3) is 0 Å².